The molecule has 5 aromatic rings. The summed E-state index contributed by atoms with van der Waals surface area (Å²) in [6, 6.07) is 12.6. The summed E-state index contributed by atoms with van der Waals surface area (Å²) in [6.07, 6.45) is 0. The van der Waals surface area contributed by atoms with Crippen LogP contribution in [0.1, 0.15) is 0 Å². The largest absolute Gasteiger partial charge is 0.357 e. The fraction of sp³-hybridized carbons (Fsp3) is 0. The molecule has 0 atom stereocenters. The predicted octanol–water partition coefficient (Wildman–Crippen LogP) is 0.757. The molecule has 5 rings (SSSR count). The highest BCUT2D eigenvalue weighted by molar-refractivity contribution is 14.1. The first-order valence-electron chi connectivity index (χ1n) is 10.2. The molecule has 0 radical (unpaired) electrons. The number of aromatic nitrogens is 2. The number of hydrogen-bond acceptors (Lipinski definition) is 10. The van der Waals surface area contributed by atoms with Crippen molar-refractivity contribution in [3.63, 3.8) is 0 Å². The summed E-state index contributed by atoms with van der Waals surface area (Å²) < 4.78 is 61.4. The molecule has 2 aromatic heterocycles. The van der Waals surface area contributed by atoms with Crippen LogP contribution in [0.3, 0.4) is 0 Å². The molecule has 2 heterocycles. The van der Waals surface area contributed by atoms with Crippen LogP contribution in [0, 0.1) is 7.14 Å². The molecule has 0 spiro atoms. The van der Waals surface area contributed by atoms with Crippen LogP contribution in [0.25, 0.3) is 21.5 Å². The van der Waals surface area contributed by atoms with Crippen LogP contribution >= 0.6 is 45.2 Å². The number of halogens is 2. The second kappa shape index (κ2) is 9.27. The van der Waals surface area contributed by atoms with Gasteiger partial charge < -0.3 is 0 Å². The van der Waals surface area contributed by atoms with Gasteiger partial charge in [-0.3, -0.25) is 27.7 Å². The topological polar surface area (TPSA) is 165 Å². The zero-order valence-electron chi connectivity index (χ0n) is 18.3. The van der Waals surface area contributed by atoms with Gasteiger partial charge >= 0.3 is 20.2 Å². The van der Waals surface area contributed by atoms with Gasteiger partial charge in [0.05, 0.1) is 21.5 Å². The second-order valence-corrected chi connectivity index (χ2v) is 13.3. The van der Waals surface area contributed by atoms with Crippen LogP contribution < -0.4 is 30.8 Å². The van der Waals surface area contributed by atoms with Crippen LogP contribution in [0.15, 0.2) is 89.6 Å². The molecule has 194 valence electrons. The predicted molar refractivity (Wildman–Crippen MR) is 151 cm³/mol. The van der Waals surface area contributed by atoms with Gasteiger partial charge in [-0.25, -0.2) is 0 Å². The van der Waals surface area contributed by atoms with E-state index < -0.39 is 64.0 Å². The molecule has 0 fully saturated rings. The molecular formula is C22H10I2N2O10S2. The van der Waals surface area contributed by atoms with Crippen molar-refractivity contribution in [2.75, 3.05) is 0 Å². The van der Waals surface area contributed by atoms with Crippen LogP contribution in [0.5, 0.6) is 0 Å². The van der Waals surface area contributed by atoms with E-state index in [4.69, 9.17) is 8.57 Å². The molecular weight excluding hydrogens is 770 g/mol. The molecule has 0 N–H and O–H groups in total. The highest BCUT2D eigenvalue weighted by Crippen LogP contribution is 2.17. The first kappa shape index (κ1) is 26.5. The van der Waals surface area contributed by atoms with E-state index in [2.05, 4.69) is 0 Å². The zero-order valence-corrected chi connectivity index (χ0v) is 24.3. The van der Waals surface area contributed by atoms with E-state index in [9.17, 15) is 36.0 Å². The van der Waals surface area contributed by atoms with Crippen LogP contribution in [-0.2, 0) is 20.2 Å². The highest BCUT2D eigenvalue weighted by Gasteiger charge is 2.27. The van der Waals surface area contributed by atoms with E-state index in [-0.39, 0.29) is 19.3 Å². The minimum atomic E-state index is -4.58. The third-order valence-electron chi connectivity index (χ3n) is 5.37. The molecule has 0 aliphatic carbocycles. The van der Waals surface area contributed by atoms with E-state index >= 15 is 0 Å². The summed E-state index contributed by atoms with van der Waals surface area (Å²) in [7, 11) is -9.17. The van der Waals surface area contributed by atoms with Crippen LogP contribution in [0.2, 0.25) is 0 Å². The monoisotopic (exact) mass is 780 g/mol. The molecule has 0 aliphatic heterocycles. The summed E-state index contributed by atoms with van der Waals surface area (Å²) in [6.45, 7) is 0. The average molecular weight is 780 g/mol. The van der Waals surface area contributed by atoms with Crippen LogP contribution in [-0.4, -0.2) is 26.3 Å². The summed E-state index contributed by atoms with van der Waals surface area (Å²) in [5.41, 5.74) is -4.80. The quantitative estimate of drug-likeness (QED) is 0.225. The maximum atomic E-state index is 12.9. The summed E-state index contributed by atoms with van der Waals surface area (Å²) in [5.74, 6) is 0. The molecule has 0 amide bonds. The maximum absolute atomic E-state index is 12.9. The third kappa shape index (κ3) is 4.43. The first-order valence-corrected chi connectivity index (χ1v) is 15.1. The molecule has 3 aromatic carbocycles. The number of nitrogens with zero attached hydrogens (tertiary/aromatic N) is 2. The minimum absolute atomic E-state index is 0.0115. The van der Waals surface area contributed by atoms with Crippen molar-refractivity contribution in [1.82, 2.24) is 9.46 Å². The van der Waals surface area contributed by atoms with Gasteiger partial charge in [0.25, 0.3) is 22.2 Å². The van der Waals surface area contributed by atoms with Gasteiger partial charge in [-0.15, -0.1) is 0 Å². The molecule has 38 heavy (non-hydrogen) atoms. The molecule has 0 saturated heterocycles. The van der Waals surface area contributed by atoms with E-state index in [0.717, 1.165) is 19.3 Å². The van der Waals surface area contributed by atoms with E-state index in [1.807, 2.05) is 45.2 Å². The fourth-order valence-corrected chi connectivity index (χ4v) is 6.04. The summed E-state index contributed by atoms with van der Waals surface area (Å²) in [5, 5.41) is -1.68. The maximum Gasteiger partial charge on any atom is 0.357 e. The van der Waals surface area contributed by atoms with Crippen LogP contribution in [0.4, 0.5) is 0 Å². The zero-order chi connectivity index (χ0) is 27.6. The van der Waals surface area contributed by atoms with Gasteiger partial charge in [0.15, 0.2) is 0 Å². The summed E-state index contributed by atoms with van der Waals surface area (Å²) in [4.78, 5) is 50.8. The molecule has 12 nitrogen and oxygen atoms in total. The van der Waals surface area contributed by atoms with Crippen molar-refractivity contribution in [3.8, 4) is 0 Å². The fourth-order valence-electron chi connectivity index (χ4n) is 3.55. The highest BCUT2D eigenvalue weighted by atomic mass is 127. The summed E-state index contributed by atoms with van der Waals surface area (Å²) >= 11 is 3.91. The molecule has 16 heteroatoms. The van der Waals surface area contributed by atoms with Crippen molar-refractivity contribution in [3.05, 3.63) is 109 Å². The normalized spacial score (nSPS) is 12.3. The van der Waals surface area contributed by atoms with Crippen molar-refractivity contribution < 1.29 is 25.4 Å². The molecule has 0 saturated carbocycles. The average Bonchev–Trinajstić information content (AvgIpc) is 3.23. The molecule has 0 unspecified atom stereocenters. The van der Waals surface area contributed by atoms with E-state index in [0.29, 0.717) is 0 Å². The molecule has 0 aliphatic rings. The number of hydrogen-bond donors (Lipinski definition) is 0. The lowest BCUT2D eigenvalue weighted by atomic mass is 10.1. The van der Waals surface area contributed by atoms with Gasteiger partial charge in [0, 0.05) is 7.14 Å². The van der Waals surface area contributed by atoms with Gasteiger partial charge in [-0.05, 0) is 106 Å². The molecule has 0 bridgehead atoms. The van der Waals surface area contributed by atoms with Gasteiger partial charge in [-0.2, -0.15) is 16.8 Å². The van der Waals surface area contributed by atoms with Crippen molar-refractivity contribution >= 4 is 87.0 Å². The number of fused-ring (bicyclic) bond motifs is 2. The first-order chi connectivity index (χ1) is 17.8. The lowest BCUT2D eigenvalue weighted by Crippen LogP contribution is -2.36. The third-order valence-corrected chi connectivity index (χ3v) is 9.20. The van der Waals surface area contributed by atoms with Gasteiger partial charge in [-0.1, -0.05) is 9.46 Å². The van der Waals surface area contributed by atoms with Crippen molar-refractivity contribution in [2.45, 2.75) is 9.79 Å². The lowest BCUT2D eigenvalue weighted by molar-refractivity contribution is 0.263. The smallest absolute Gasteiger partial charge is 0.277 e. The Bertz CT molecular complexity index is 1960. The SMILES string of the molecule is O=c1c2cc3c(=O)n(OS(=O)(=O)c4ccc(I)cc4)c(=O)c3cc2c(=O)n1OS(=O)(=O)c1ccc(I)cc1. The Morgan fingerprint density at radius 3 is 1.03 bits per heavy atom. The Kier molecular flexibility index (Phi) is 6.47. The van der Waals surface area contributed by atoms with Crippen molar-refractivity contribution in [2.24, 2.45) is 0 Å². The van der Waals surface area contributed by atoms with Crippen molar-refractivity contribution in [1.29, 1.82) is 0 Å². The Labute approximate surface area is 239 Å². The Balaban J connectivity index is 1.61. The second-order valence-electron chi connectivity index (χ2n) is 7.72. The minimum Gasteiger partial charge on any atom is -0.277 e. The number of benzene rings is 3. The van der Waals surface area contributed by atoms with E-state index in [1.165, 1.54) is 48.5 Å². The lowest BCUT2D eigenvalue weighted by Gasteiger charge is -2.05. The Morgan fingerprint density at radius 2 is 0.763 bits per heavy atom. The van der Waals surface area contributed by atoms with Gasteiger partial charge in [0.1, 0.15) is 9.79 Å². The van der Waals surface area contributed by atoms with Gasteiger partial charge in [0.2, 0.25) is 0 Å². The van der Waals surface area contributed by atoms with E-state index in [1.54, 1.807) is 0 Å². The number of rotatable bonds is 6. The Morgan fingerprint density at radius 1 is 0.500 bits per heavy atom. The standard InChI is InChI=1S/C22H10I2N2O10S2/c23-11-1-5-13(6-2-11)37(31,32)35-25-19(27)15-9-17-18(10-16(15)20(25)28)22(30)26(21(17)29)36-38(33,34)14-7-3-12(24)4-8-14/h1-10H. The Hall–Kier alpha value is -3.10.